The standard InChI is InChI=1S/C14H11N5O2S2/c1-18-12(10-3-2-5-21-10)16-17-14(18)23-8-9-7-11(20)19-4-6-22-13(19)15-9/h2-7H,8H2,1H3. The van der Waals surface area contributed by atoms with Crippen molar-refractivity contribution in [1.82, 2.24) is 24.1 Å². The monoisotopic (exact) mass is 345 g/mol. The molecule has 0 unspecified atom stereocenters. The zero-order valence-corrected chi connectivity index (χ0v) is 13.7. The van der Waals surface area contributed by atoms with Crippen molar-refractivity contribution in [3.05, 3.63) is 52.1 Å². The van der Waals surface area contributed by atoms with Crippen LogP contribution in [0.25, 0.3) is 16.5 Å². The summed E-state index contributed by atoms with van der Waals surface area (Å²) in [5.41, 5.74) is 0.658. The van der Waals surface area contributed by atoms with Crippen LogP contribution in [-0.4, -0.2) is 24.1 Å². The van der Waals surface area contributed by atoms with Crippen LogP contribution < -0.4 is 5.56 Å². The maximum Gasteiger partial charge on any atom is 0.258 e. The Morgan fingerprint density at radius 2 is 2.30 bits per heavy atom. The lowest BCUT2D eigenvalue weighted by molar-refractivity contribution is 0.572. The predicted molar refractivity (Wildman–Crippen MR) is 87.6 cm³/mol. The van der Waals surface area contributed by atoms with E-state index in [1.165, 1.54) is 27.5 Å². The van der Waals surface area contributed by atoms with Crippen LogP contribution in [0.3, 0.4) is 0 Å². The average Bonchev–Trinajstić information content (AvgIpc) is 3.25. The highest BCUT2D eigenvalue weighted by atomic mass is 32.2. The minimum Gasteiger partial charge on any atom is -0.461 e. The highest BCUT2D eigenvalue weighted by Gasteiger charge is 2.14. The molecule has 7 nitrogen and oxygen atoms in total. The summed E-state index contributed by atoms with van der Waals surface area (Å²) < 4.78 is 8.74. The van der Waals surface area contributed by atoms with E-state index in [2.05, 4.69) is 15.2 Å². The molecule has 0 saturated carbocycles. The molecule has 0 fully saturated rings. The Labute approximate surface area is 138 Å². The second-order valence-electron chi connectivity index (χ2n) is 4.77. The van der Waals surface area contributed by atoms with Gasteiger partial charge in [0, 0.05) is 30.4 Å². The molecular formula is C14H11N5O2S2. The molecule has 0 aromatic carbocycles. The number of hydrogen-bond donors (Lipinski definition) is 0. The van der Waals surface area contributed by atoms with Gasteiger partial charge in [0.2, 0.25) is 0 Å². The van der Waals surface area contributed by atoms with E-state index in [9.17, 15) is 4.79 Å². The van der Waals surface area contributed by atoms with Crippen LogP contribution >= 0.6 is 23.1 Å². The average molecular weight is 345 g/mol. The number of hydrogen-bond acceptors (Lipinski definition) is 7. The predicted octanol–water partition coefficient (Wildman–Crippen LogP) is 2.44. The van der Waals surface area contributed by atoms with Gasteiger partial charge in [0.25, 0.3) is 5.56 Å². The van der Waals surface area contributed by atoms with Crippen molar-refractivity contribution in [2.75, 3.05) is 0 Å². The van der Waals surface area contributed by atoms with Gasteiger partial charge < -0.3 is 8.98 Å². The van der Waals surface area contributed by atoms with Crippen LogP contribution in [0.4, 0.5) is 0 Å². The summed E-state index contributed by atoms with van der Waals surface area (Å²) in [7, 11) is 1.88. The molecule has 0 saturated heterocycles. The molecule has 0 bridgehead atoms. The molecule has 23 heavy (non-hydrogen) atoms. The van der Waals surface area contributed by atoms with Gasteiger partial charge in [0.05, 0.1) is 12.0 Å². The van der Waals surface area contributed by atoms with E-state index in [1.54, 1.807) is 18.5 Å². The minimum absolute atomic E-state index is 0.0684. The summed E-state index contributed by atoms with van der Waals surface area (Å²) in [4.78, 5) is 17.2. The molecule has 0 aliphatic carbocycles. The third-order valence-electron chi connectivity index (χ3n) is 3.28. The summed E-state index contributed by atoms with van der Waals surface area (Å²) in [6.07, 6.45) is 3.33. The van der Waals surface area contributed by atoms with Gasteiger partial charge in [-0.3, -0.25) is 9.20 Å². The summed E-state index contributed by atoms with van der Waals surface area (Å²) in [6.45, 7) is 0. The molecule has 0 atom stereocenters. The Bertz CT molecular complexity index is 1020. The first-order valence-electron chi connectivity index (χ1n) is 6.74. The van der Waals surface area contributed by atoms with E-state index in [-0.39, 0.29) is 5.56 Å². The van der Waals surface area contributed by atoms with Crippen molar-refractivity contribution >= 4 is 28.1 Å². The molecular weight excluding hydrogens is 334 g/mol. The zero-order chi connectivity index (χ0) is 15.8. The lowest BCUT2D eigenvalue weighted by atomic mass is 10.4. The van der Waals surface area contributed by atoms with Gasteiger partial charge in [0.15, 0.2) is 21.7 Å². The van der Waals surface area contributed by atoms with Crippen LogP contribution in [0.15, 0.2) is 50.4 Å². The smallest absolute Gasteiger partial charge is 0.258 e. The van der Waals surface area contributed by atoms with Gasteiger partial charge in [-0.15, -0.1) is 21.5 Å². The third-order valence-corrected chi connectivity index (χ3v) is 5.09. The van der Waals surface area contributed by atoms with Crippen molar-refractivity contribution in [3.63, 3.8) is 0 Å². The molecule has 0 N–H and O–H groups in total. The lowest BCUT2D eigenvalue weighted by Gasteiger charge is -2.02. The van der Waals surface area contributed by atoms with Gasteiger partial charge in [-0.25, -0.2) is 4.98 Å². The van der Waals surface area contributed by atoms with E-state index in [0.717, 1.165) is 10.9 Å². The first-order chi connectivity index (χ1) is 11.2. The second kappa shape index (κ2) is 5.67. The third kappa shape index (κ3) is 2.57. The molecule has 0 aliphatic heterocycles. The van der Waals surface area contributed by atoms with Crippen LogP contribution in [0.5, 0.6) is 0 Å². The Balaban J connectivity index is 1.58. The van der Waals surface area contributed by atoms with Crippen molar-refractivity contribution in [3.8, 4) is 11.6 Å². The highest BCUT2D eigenvalue weighted by Crippen LogP contribution is 2.24. The SMILES string of the molecule is Cn1c(SCc2cc(=O)n3ccsc3n2)nnc1-c1ccco1. The summed E-state index contributed by atoms with van der Waals surface area (Å²) in [5, 5.41) is 10.9. The lowest BCUT2D eigenvalue weighted by Crippen LogP contribution is -2.12. The fraction of sp³-hybridized carbons (Fsp3) is 0.143. The molecule has 0 radical (unpaired) electrons. The molecule has 4 aromatic rings. The van der Waals surface area contributed by atoms with Gasteiger partial charge in [-0.1, -0.05) is 11.8 Å². The number of fused-ring (bicyclic) bond motifs is 1. The molecule has 9 heteroatoms. The summed E-state index contributed by atoms with van der Waals surface area (Å²) >= 11 is 2.92. The van der Waals surface area contributed by atoms with Gasteiger partial charge in [-0.05, 0) is 12.1 Å². The quantitative estimate of drug-likeness (QED) is 0.529. The molecule has 0 amide bonds. The van der Waals surface area contributed by atoms with E-state index in [4.69, 9.17) is 4.42 Å². The number of rotatable bonds is 4. The first-order valence-corrected chi connectivity index (χ1v) is 8.61. The van der Waals surface area contributed by atoms with Crippen molar-refractivity contribution in [2.24, 2.45) is 7.05 Å². The number of thiazole rings is 1. The second-order valence-corrected chi connectivity index (χ2v) is 6.59. The molecule has 0 spiro atoms. The van der Waals surface area contributed by atoms with Crippen LogP contribution in [0.1, 0.15) is 5.69 Å². The summed E-state index contributed by atoms with van der Waals surface area (Å²) in [6, 6.07) is 5.20. The van der Waals surface area contributed by atoms with E-state index < -0.39 is 0 Å². The zero-order valence-electron chi connectivity index (χ0n) is 12.0. The van der Waals surface area contributed by atoms with Crippen molar-refractivity contribution in [1.29, 1.82) is 0 Å². The van der Waals surface area contributed by atoms with Gasteiger partial charge in [0.1, 0.15) is 0 Å². The minimum atomic E-state index is -0.0684. The molecule has 116 valence electrons. The number of aromatic nitrogens is 5. The Hall–Kier alpha value is -2.39. The van der Waals surface area contributed by atoms with Crippen molar-refractivity contribution < 1.29 is 4.42 Å². The topological polar surface area (TPSA) is 78.2 Å². The Morgan fingerprint density at radius 1 is 1.39 bits per heavy atom. The molecule has 4 aromatic heterocycles. The highest BCUT2D eigenvalue weighted by molar-refractivity contribution is 7.98. The Kier molecular flexibility index (Phi) is 3.50. The molecule has 0 aliphatic rings. The summed E-state index contributed by atoms with van der Waals surface area (Å²) in [5.74, 6) is 1.88. The Morgan fingerprint density at radius 3 is 3.13 bits per heavy atom. The molecule has 4 rings (SSSR count). The van der Waals surface area contributed by atoms with Crippen molar-refractivity contribution in [2.45, 2.75) is 10.9 Å². The van der Waals surface area contributed by atoms with Gasteiger partial charge >= 0.3 is 0 Å². The first kappa shape index (κ1) is 14.2. The van der Waals surface area contributed by atoms with Crippen LogP contribution in [-0.2, 0) is 12.8 Å². The maximum atomic E-state index is 12.0. The normalized spacial score (nSPS) is 11.3. The number of thioether (sulfide) groups is 1. The van der Waals surface area contributed by atoms with E-state index in [1.807, 2.05) is 29.1 Å². The number of furan rings is 1. The number of nitrogens with zero attached hydrogens (tertiary/aromatic N) is 5. The van der Waals surface area contributed by atoms with E-state index >= 15 is 0 Å². The van der Waals surface area contributed by atoms with E-state index in [0.29, 0.717) is 22.3 Å². The fourth-order valence-corrected chi connectivity index (χ4v) is 3.70. The fourth-order valence-electron chi connectivity index (χ4n) is 2.16. The largest absolute Gasteiger partial charge is 0.461 e. The van der Waals surface area contributed by atoms with Gasteiger partial charge in [-0.2, -0.15) is 0 Å². The maximum absolute atomic E-state index is 12.0. The van der Waals surface area contributed by atoms with Crippen LogP contribution in [0.2, 0.25) is 0 Å². The molecule has 4 heterocycles. The van der Waals surface area contributed by atoms with Crippen LogP contribution in [0, 0.1) is 0 Å².